The molecule has 0 aromatic heterocycles. The fraction of sp³-hybridized carbons (Fsp3) is 0.355. The molecule has 0 aliphatic rings. The molecule has 1 N–H and O–H groups in total. The van der Waals surface area contributed by atoms with Gasteiger partial charge in [0.05, 0.1) is 11.9 Å². The van der Waals surface area contributed by atoms with Crippen molar-refractivity contribution in [2.45, 2.75) is 52.1 Å². The Balaban J connectivity index is 1.86. The predicted octanol–water partition coefficient (Wildman–Crippen LogP) is 4.85. The number of carbonyl (C=O) groups excluding carboxylic acids is 2. The lowest BCUT2D eigenvalue weighted by Gasteiger charge is -2.32. The van der Waals surface area contributed by atoms with Gasteiger partial charge in [0, 0.05) is 32.5 Å². The highest BCUT2D eigenvalue weighted by molar-refractivity contribution is 7.92. The molecule has 0 radical (unpaired) electrons. The number of amides is 2. The minimum atomic E-state index is -3.58. The van der Waals surface area contributed by atoms with Crippen molar-refractivity contribution in [2.24, 2.45) is 0 Å². The largest absolute Gasteiger partial charge is 0.354 e. The number of carbonyl (C=O) groups is 2. The van der Waals surface area contributed by atoms with E-state index >= 15 is 0 Å². The second-order valence-electron chi connectivity index (χ2n) is 9.92. The highest BCUT2D eigenvalue weighted by Gasteiger charge is 2.30. The van der Waals surface area contributed by atoms with E-state index in [0.29, 0.717) is 24.2 Å². The van der Waals surface area contributed by atoms with Crippen molar-refractivity contribution in [3.05, 3.63) is 101 Å². The summed E-state index contributed by atoms with van der Waals surface area (Å²) in [6, 6.07) is 21.7. The molecule has 0 fully saturated rings. The standard InChI is InChI=1S/C31H38FN3O4S/c1-4-19-33-31(37)29(22-25-11-6-5-7-12-25)34(23-26-15-17-27(32)18-16-26)30(36)14-9-20-35(40(3,38)39)28-13-8-10-24(2)21-28/h5-8,10-13,15-18,21,29H,4,9,14,19-20,22-23H2,1-3H3,(H,33,37). The van der Waals surface area contributed by atoms with Crippen molar-refractivity contribution in [3.63, 3.8) is 0 Å². The van der Waals surface area contributed by atoms with Crippen LogP contribution in [0.4, 0.5) is 10.1 Å². The summed E-state index contributed by atoms with van der Waals surface area (Å²) in [5.41, 5.74) is 3.06. The lowest BCUT2D eigenvalue weighted by Crippen LogP contribution is -2.50. The number of hydrogen-bond acceptors (Lipinski definition) is 4. The van der Waals surface area contributed by atoms with Crippen molar-refractivity contribution in [2.75, 3.05) is 23.7 Å². The van der Waals surface area contributed by atoms with Crippen LogP contribution in [-0.2, 0) is 32.6 Å². The number of halogens is 1. The molecular weight excluding hydrogens is 529 g/mol. The maximum absolute atomic E-state index is 13.8. The molecule has 214 valence electrons. The van der Waals surface area contributed by atoms with Gasteiger partial charge in [0.15, 0.2) is 0 Å². The Morgan fingerprint density at radius 1 is 0.950 bits per heavy atom. The van der Waals surface area contributed by atoms with E-state index in [1.807, 2.05) is 50.2 Å². The van der Waals surface area contributed by atoms with Gasteiger partial charge >= 0.3 is 0 Å². The zero-order valence-electron chi connectivity index (χ0n) is 23.3. The van der Waals surface area contributed by atoms with Crippen LogP contribution in [0.15, 0.2) is 78.9 Å². The summed E-state index contributed by atoms with van der Waals surface area (Å²) in [6.45, 7) is 4.54. The van der Waals surface area contributed by atoms with E-state index in [1.54, 1.807) is 30.3 Å². The van der Waals surface area contributed by atoms with Gasteiger partial charge in [0.2, 0.25) is 21.8 Å². The smallest absolute Gasteiger partial charge is 0.243 e. The van der Waals surface area contributed by atoms with Crippen LogP contribution in [-0.4, -0.2) is 50.5 Å². The zero-order chi connectivity index (χ0) is 29.1. The quantitative estimate of drug-likeness (QED) is 0.302. The van der Waals surface area contributed by atoms with Crippen molar-refractivity contribution in [1.82, 2.24) is 10.2 Å². The first-order chi connectivity index (χ1) is 19.1. The molecule has 1 atom stereocenters. The van der Waals surface area contributed by atoms with Gasteiger partial charge in [-0.25, -0.2) is 12.8 Å². The molecule has 40 heavy (non-hydrogen) atoms. The van der Waals surface area contributed by atoms with Gasteiger partial charge in [-0.15, -0.1) is 0 Å². The van der Waals surface area contributed by atoms with Gasteiger partial charge in [-0.3, -0.25) is 13.9 Å². The van der Waals surface area contributed by atoms with Crippen LogP contribution in [0.25, 0.3) is 0 Å². The molecule has 2 amide bonds. The third-order valence-corrected chi connectivity index (χ3v) is 7.72. The van der Waals surface area contributed by atoms with Crippen LogP contribution >= 0.6 is 0 Å². The Morgan fingerprint density at radius 3 is 2.27 bits per heavy atom. The van der Waals surface area contributed by atoms with Crippen molar-refractivity contribution in [1.29, 1.82) is 0 Å². The van der Waals surface area contributed by atoms with E-state index in [9.17, 15) is 22.4 Å². The number of anilines is 1. The number of hydrogen-bond donors (Lipinski definition) is 1. The molecule has 0 saturated carbocycles. The third kappa shape index (κ3) is 9.19. The highest BCUT2D eigenvalue weighted by atomic mass is 32.2. The first-order valence-electron chi connectivity index (χ1n) is 13.5. The summed E-state index contributed by atoms with van der Waals surface area (Å²) in [5.74, 6) is -0.937. The van der Waals surface area contributed by atoms with Crippen LogP contribution in [0.3, 0.4) is 0 Å². The number of sulfonamides is 1. The second-order valence-corrected chi connectivity index (χ2v) is 11.8. The fourth-order valence-corrected chi connectivity index (χ4v) is 5.45. The number of nitrogens with one attached hydrogen (secondary N) is 1. The maximum atomic E-state index is 13.8. The number of rotatable bonds is 14. The lowest BCUT2D eigenvalue weighted by molar-refractivity contribution is -0.141. The SMILES string of the molecule is CCCNC(=O)C(Cc1ccccc1)N(Cc1ccc(F)cc1)C(=O)CCCN(c1cccc(C)c1)S(C)(=O)=O. The summed E-state index contributed by atoms with van der Waals surface area (Å²) in [5, 5.41) is 2.92. The monoisotopic (exact) mass is 567 g/mol. The number of benzene rings is 3. The molecule has 3 aromatic carbocycles. The normalized spacial score (nSPS) is 12.0. The van der Waals surface area contributed by atoms with Gasteiger partial charge in [-0.05, 0) is 60.7 Å². The molecule has 0 aliphatic carbocycles. The fourth-order valence-electron chi connectivity index (χ4n) is 4.49. The van der Waals surface area contributed by atoms with E-state index in [4.69, 9.17) is 0 Å². The summed E-state index contributed by atoms with van der Waals surface area (Å²) < 4.78 is 40.0. The van der Waals surface area contributed by atoms with Gasteiger partial charge in [-0.2, -0.15) is 0 Å². The Kier molecular flexibility index (Phi) is 11.3. The molecule has 1 unspecified atom stereocenters. The van der Waals surface area contributed by atoms with Crippen molar-refractivity contribution in [3.8, 4) is 0 Å². The second kappa shape index (κ2) is 14.6. The van der Waals surface area contributed by atoms with Crippen LogP contribution in [0, 0.1) is 12.7 Å². The molecule has 3 rings (SSSR count). The topological polar surface area (TPSA) is 86.8 Å². The zero-order valence-corrected chi connectivity index (χ0v) is 24.2. The van der Waals surface area contributed by atoms with E-state index in [0.717, 1.165) is 23.8 Å². The number of aryl methyl sites for hydroxylation is 1. The molecule has 0 bridgehead atoms. The lowest BCUT2D eigenvalue weighted by atomic mass is 10.0. The summed E-state index contributed by atoms with van der Waals surface area (Å²) >= 11 is 0. The molecule has 0 aliphatic heterocycles. The van der Waals surface area contributed by atoms with Gasteiger partial charge in [0.25, 0.3) is 0 Å². The minimum absolute atomic E-state index is 0.0331. The van der Waals surface area contributed by atoms with Crippen molar-refractivity contribution < 1.29 is 22.4 Å². The third-order valence-electron chi connectivity index (χ3n) is 6.53. The summed E-state index contributed by atoms with van der Waals surface area (Å²) in [4.78, 5) is 28.7. The average molecular weight is 568 g/mol. The predicted molar refractivity (Wildman–Crippen MR) is 157 cm³/mol. The molecule has 3 aromatic rings. The van der Waals surface area contributed by atoms with Gasteiger partial charge in [-0.1, -0.05) is 61.5 Å². The van der Waals surface area contributed by atoms with E-state index in [2.05, 4.69) is 5.32 Å². The summed E-state index contributed by atoms with van der Waals surface area (Å²) in [6.07, 6.45) is 2.49. The van der Waals surface area contributed by atoms with Crippen LogP contribution in [0.1, 0.15) is 42.9 Å². The Hall–Kier alpha value is -3.72. The van der Waals surface area contributed by atoms with Crippen LogP contribution in [0.2, 0.25) is 0 Å². The highest BCUT2D eigenvalue weighted by Crippen LogP contribution is 2.21. The first kappa shape index (κ1) is 30.8. The van der Waals surface area contributed by atoms with E-state index in [1.165, 1.54) is 21.3 Å². The van der Waals surface area contributed by atoms with Crippen LogP contribution in [0.5, 0.6) is 0 Å². The summed E-state index contributed by atoms with van der Waals surface area (Å²) in [7, 11) is -3.58. The van der Waals surface area contributed by atoms with Gasteiger partial charge in [0.1, 0.15) is 11.9 Å². The molecule has 9 heteroatoms. The molecular formula is C31H38FN3O4S. The van der Waals surface area contributed by atoms with Crippen molar-refractivity contribution >= 4 is 27.5 Å². The van der Waals surface area contributed by atoms with E-state index in [-0.39, 0.29) is 43.6 Å². The maximum Gasteiger partial charge on any atom is 0.243 e. The van der Waals surface area contributed by atoms with E-state index < -0.39 is 16.1 Å². The average Bonchev–Trinajstić information content (AvgIpc) is 2.92. The Bertz CT molecular complexity index is 1360. The Morgan fingerprint density at radius 2 is 1.65 bits per heavy atom. The molecule has 0 spiro atoms. The van der Waals surface area contributed by atoms with Gasteiger partial charge < -0.3 is 10.2 Å². The molecule has 7 nitrogen and oxygen atoms in total. The molecule has 0 heterocycles. The molecule has 0 saturated heterocycles. The minimum Gasteiger partial charge on any atom is -0.354 e. The van der Waals surface area contributed by atoms with Crippen LogP contribution < -0.4 is 9.62 Å². The Labute approximate surface area is 237 Å². The number of nitrogens with zero attached hydrogens (tertiary/aromatic N) is 2. The first-order valence-corrected chi connectivity index (χ1v) is 15.3.